The second-order valence-electron chi connectivity index (χ2n) is 7.15. The summed E-state index contributed by atoms with van der Waals surface area (Å²) in [5.41, 5.74) is 1.39. The van der Waals surface area contributed by atoms with Crippen molar-refractivity contribution in [2.45, 2.75) is 12.7 Å². The average Bonchev–Trinajstić information content (AvgIpc) is 3.44. The van der Waals surface area contributed by atoms with Crippen LogP contribution in [0, 0.1) is 0 Å². The van der Waals surface area contributed by atoms with Crippen LogP contribution in [0.1, 0.15) is 20.8 Å². The second-order valence-corrected chi connectivity index (χ2v) is 8.18. The molecule has 3 heterocycles. The van der Waals surface area contributed by atoms with Crippen molar-refractivity contribution >= 4 is 33.3 Å². The van der Waals surface area contributed by atoms with E-state index in [1.807, 2.05) is 6.07 Å². The van der Waals surface area contributed by atoms with Crippen molar-refractivity contribution in [3.63, 3.8) is 0 Å². The third-order valence-electron chi connectivity index (χ3n) is 4.96. The van der Waals surface area contributed by atoms with E-state index in [1.165, 1.54) is 24.3 Å². The Morgan fingerprint density at radius 2 is 1.82 bits per heavy atom. The minimum atomic E-state index is -4.51. The number of ether oxygens (including phenoxy) is 2. The van der Waals surface area contributed by atoms with Crippen LogP contribution in [0.3, 0.4) is 0 Å². The van der Waals surface area contributed by atoms with E-state index in [0.717, 1.165) is 11.6 Å². The van der Waals surface area contributed by atoms with E-state index < -0.39 is 17.0 Å². The maximum absolute atomic E-state index is 13.3. The Hall–Kier alpha value is -3.86. The van der Waals surface area contributed by atoms with Gasteiger partial charge in [-0.25, -0.2) is 14.8 Å². The highest BCUT2D eigenvalue weighted by Gasteiger charge is 2.33. The Balaban J connectivity index is 1.53. The number of fused-ring (bicyclic) bond motifs is 2. The Morgan fingerprint density at radius 1 is 1.06 bits per heavy atom. The van der Waals surface area contributed by atoms with E-state index in [1.54, 1.807) is 12.1 Å². The number of anilines is 1. The largest absolute Gasteiger partial charge is 0.478 e. The molecule has 0 radical (unpaired) electrons. The lowest BCUT2D eigenvalue weighted by Gasteiger charge is -2.10. The van der Waals surface area contributed by atoms with Crippen molar-refractivity contribution in [1.82, 2.24) is 9.97 Å². The summed E-state index contributed by atoms with van der Waals surface area (Å²) in [5.74, 6) is 0.557. The zero-order valence-electron chi connectivity index (χ0n) is 16.6. The second kappa shape index (κ2) is 7.93. The number of carboxylic acid groups (broad SMARTS) is 1. The number of carboxylic acids is 1. The van der Waals surface area contributed by atoms with E-state index in [-0.39, 0.29) is 40.8 Å². The molecule has 0 saturated carbocycles. The topological polar surface area (TPSA) is 93.6 Å². The number of nitrogens with one attached hydrogen (secondary N) is 1. The van der Waals surface area contributed by atoms with E-state index in [2.05, 4.69) is 15.3 Å². The highest BCUT2D eigenvalue weighted by molar-refractivity contribution is 7.18. The van der Waals surface area contributed by atoms with Gasteiger partial charge in [-0.3, -0.25) is 0 Å². The fraction of sp³-hybridized carbons (Fsp3) is 0.136. The molecule has 0 unspecified atom stereocenters. The standard InChI is InChI=1S/C22H14F3N3O4S/c23-22(24,25)17-8-14-19(26-9-11-1-6-15-16(7-11)32-10-31-15)27-18(28-20(14)33-17)12-2-4-13(5-3-12)21(29)30/h1-8H,9-10H2,(H,29,30)(H,26,27,28). The van der Waals surface area contributed by atoms with Gasteiger partial charge >= 0.3 is 12.1 Å². The maximum Gasteiger partial charge on any atom is 0.425 e. The quantitative estimate of drug-likeness (QED) is 0.400. The summed E-state index contributed by atoms with van der Waals surface area (Å²) in [6, 6.07) is 12.2. The fourth-order valence-corrected chi connectivity index (χ4v) is 4.22. The van der Waals surface area contributed by atoms with Gasteiger partial charge in [0.1, 0.15) is 15.5 Å². The summed E-state index contributed by atoms with van der Waals surface area (Å²) in [7, 11) is 0. The van der Waals surface area contributed by atoms with Gasteiger partial charge in [0.05, 0.1) is 10.9 Å². The van der Waals surface area contributed by atoms with Crippen LogP contribution in [0.25, 0.3) is 21.6 Å². The molecule has 0 saturated heterocycles. The minimum Gasteiger partial charge on any atom is -0.478 e. The first kappa shape index (κ1) is 21.0. The monoisotopic (exact) mass is 473 g/mol. The average molecular weight is 473 g/mol. The van der Waals surface area contributed by atoms with Crippen LogP contribution in [-0.4, -0.2) is 27.8 Å². The van der Waals surface area contributed by atoms with Gasteiger partial charge in [-0.1, -0.05) is 18.2 Å². The Bertz CT molecular complexity index is 1370. The van der Waals surface area contributed by atoms with Crippen LogP contribution in [0.15, 0.2) is 48.5 Å². The van der Waals surface area contributed by atoms with E-state index >= 15 is 0 Å². The molecule has 33 heavy (non-hydrogen) atoms. The highest BCUT2D eigenvalue weighted by atomic mass is 32.1. The van der Waals surface area contributed by atoms with Gasteiger partial charge in [-0.2, -0.15) is 13.2 Å². The number of halogens is 3. The number of hydrogen-bond donors (Lipinski definition) is 2. The number of alkyl halides is 3. The zero-order chi connectivity index (χ0) is 23.2. The van der Waals surface area contributed by atoms with E-state index in [0.29, 0.717) is 28.4 Å². The van der Waals surface area contributed by atoms with Crippen LogP contribution < -0.4 is 14.8 Å². The number of carbonyl (C=O) groups is 1. The van der Waals surface area contributed by atoms with E-state index in [4.69, 9.17) is 14.6 Å². The first-order valence-corrected chi connectivity index (χ1v) is 10.4. The minimum absolute atomic E-state index is 0.0801. The fourth-order valence-electron chi connectivity index (χ4n) is 3.32. The molecule has 4 aromatic rings. The lowest BCUT2D eigenvalue weighted by Crippen LogP contribution is -2.04. The van der Waals surface area contributed by atoms with Crippen molar-refractivity contribution in [2.75, 3.05) is 12.1 Å². The molecule has 0 bridgehead atoms. The van der Waals surface area contributed by atoms with Gasteiger partial charge in [0, 0.05) is 12.1 Å². The molecule has 7 nitrogen and oxygen atoms in total. The maximum atomic E-state index is 13.3. The lowest BCUT2D eigenvalue weighted by molar-refractivity contribution is -0.134. The lowest BCUT2D eigenvalue weighted by atomic mass is 10.1. The Morgan fingerprint density at radius 3 is 2.55 bits per heavy atom. The number of benzene rings is 2. The molecular formula is C22H14F3N3O4S. The Labute approximate surface area is 188 Å². The molecule has 11 heteroatoms. The number of aromatic carboxylic acids is 1. The van der Waals surface area contributed by atoms with Crippen LogP contribution >= 0.6 is 11.3 Å². The SMILES string of the molecule is O=C(O)c1ccc(-c2nc(NCc3ccc4c(c3)OCO4)c3cc(C(F)(F)F)sc3n2)cc1. The van der Waals surface area contributed by atoms with Crippen molar-refractivity contribution in [3.05, 3.63) is 64.5 Å². The first-order chi connectivity index (χ1) is 15.8. The molecule has 2 N–H and O–H groups in total. The number of nitrogens with zero attached hydrogens (tertiary/aromatic N) is 2. The molecule has 2 aromatic heterocycles. The summed E-state index contributed by atoms with van der Waals surface area (Å²) in [6.07, 6.45) is -4.51. The van der Waals surface area contributed by atoms with Gasteiger partial charge in [-0.05, 0) is 35.9 Å². The van der Waals surface area contributed by atoms with Crippen molar-refractivity contribution in [2.24, 2.45) is 0 Å². The number of rotatable bonds is 5. The van der Waals surface area contributed by atoms with Crippen LogP contribution in [0.5, 0.6) is 11.5 Å². The molecule has 5 rings (SSSR count). The van der Waals surface area contributed by atoms with Crippen LogP contribution in [-0.2, 0) is 12.7 Å². The first-order valence-electron chi connectivity index (χ1n) is 9.63. The van der Waals surface area contributed by atoms with Crippen molar-refractivity contribution in [1.29, 1.82) is 0 Å². The predicted molar refractivity (Wildman–Crippen MR) is 115 cm³/mol. The molecule has 0 fully saturated rings. The molecule has 2 aromatic carbocycles. The summed E-state index contributed by atoms with van der Waals surface area (Å²) in [5, 5.41) is 12.4. The third-order valence-corrected chi connectivity index (χ3v) is 6.03. The molecule has 0 aliphatic carbocycles. The number of aromatic nitrogens is 2. The summed E-state index contributed by atoms with van der Waals surface area (Å²) >= 11 is 0.526. The van der Waals surface area contributed by atoms with Gasteiger partial charge in [0.15, 0.2) is 17.3 Å². The molecule has 168 valence electrons. The number of hydrogen-bond acceptors (Lipinski definition) is 7. The van der Waals surface area contributed by atoms with Gasteiger partial charge in [0.25, 0.3) is 0 Å². The van der Waals surface area contributed by atoms with Crippen molar-refractivity contribution in [3.8, 4) is 22.9 Å². The van der Waals surface area contributed by atoms with Gasteiger partial charge in [-0.15, -0.1) is 11.3 Å². The molecule has 0 spiro atoms. The predicted octanol–water partition coefficient (Wildman–Crippen LogP) is 5.42. The van der Waals surface area contributed by atoms with Gasteiger partial charge in [0.2, 0.25) is 6.79 Å². The molecule has 0 amide bonds. The van der Waals surface area contributed by atoms with Crippen molar-refractivity contribution < 1.29 is 32.5 Å². The Kier molecular flexibility index (Phi) is 5.05. The highest BCUT2D eigenvalue weighted by Crippen LogP contribution is 2.40. The number of thiophene rings is 1. The molecule has 1 aliphatic rings. The van der Waals surface area contributed by atoms with Crippen LogP contribution in [0.4, 0.5) is 19.0 Å². The van der Waals surface area contributed by atoms with E-state index in [9.17, 15) is 18.0 Å². The van der Waals surface area contributed by atoms with Gasteiger partial charge < -0.3 is 19.9 Å². The smallest absolute Gasteiger partial charge is 0.425 e. The van der Waals surface area contributed by atoms with Crippen LogP contribution in [0.2, 0.25) is 0 Å². The summed E-state index contributed by atoms with van der Waals surface area (Å²) in [6.45, 7) is 0.412. The summed E-state index contributed by atoms with van der Waals surface area (Å²) < 4.78 is 50.7. The molecule has 1 aliphatic heterocycles. The molecular weight excluding hydrogens is 459 g/mol. The summed E-state index contributed by atoms with van der Waals surface area (Å²) in [4.78, 5) is 19.2. The normalized spacial score (nSPS) is 12.8. The third kappa shape index (κ3) is 4.14. The molecule has 0 atom stereocenters. The zero-order valence-corrected chi connectivity index (χ0v) is 17.5.